The minimum atomic E-state index is -0.516. The second-order valence-corrected chi connectivity index (χ2v) is 5.75. The molecule has 1 heterocycles. The van der Waals surface area contributed by atoms with Crippen LogP contribution in [0.15, 0.2) is 24.3 Å². The molecule has 2 amide bonds. The lowest BCUT2D eigenvalue weighted by atomic mass is 9.96. The van der Waals surface area contributed by atoms with E-state index in [2.05, 4.69) is 10.1 Å². The monoisotopic (exact) mass is 336 g/mol. The highest BCUT2D eigenvalue weighted by Crippen LogP contribution is 2.18. The zero-order valence-electron chi connectivity index (χ0n) is 13.6. The molecule has 0 saturated carbocycles. The minimum absolute atomic E-state index is 0.0107. The number of likely N-dealkylation sites (tertiary alicyclic amines) is 1. The van der Waals surface area contributed by atoms with Crippen LogP contribution in [0.4, 0.5) is 4.39 Å². The van der Waals surface area contributed by atoms with Crippen molar-refractivity contribution in [1.29, 1.82) is 0 Å². The average Bonchev–Trinajstić information content (AvgIpc) is 2.58. The van der Waals surface area contributed by atoms with E-state index >= 15 is 0 Å². The summed E-state index contributed by atoms with van der Waals surface area (Å²) in [5, 5.41) is 2.52. The summed E-state index contributed by atoms with van der Waals surface area (Å²) in [5.74, 6) is -1.44. The number of carbonyl (C=O) groups excluding carboxylic acids is 3. The molecular weight excluding hydrogens is 315 g/mol. The molecule has 1 aliphatic heterocycles. The van der Waals surface area contributed by atoms with Crippen LogP contribution < -0.4 is 5.32 Å². The Morgan fingerprint density at radius 3 is 2.92 bits per heavy atom. The second kappa shape index (κ2) is 8.42. The van der Waals surface area contributed by atoms with Crippen molar-refractivity contribution in [3.63, 3.8) is 0 Å². The van der Waals surface area contributed by atoms with Gasteiger partial charge in [-0.1, -0.05) is 12.1 Å². The first-order valence-corrected chi connectivity index (χ1v) is 7.86. The number of nitrogens with zero attached hydrogens (tertiary/aromatic N) is 1. The number of amides is 2. The molecule has 1 N–H and O–H groups in total. The van der Waals surface area contributed by atoms with Gasteiger partial charge in [-0.25, -0.2) is 4.39 Å². The van der Waals surface area contributed by atoms with Gasteiger partial charge in [0.05, 0.1) is 13.0 Å². The summed E-state index contributed by atoms with van der Waals surface area (Å²) in [4.78, 5) is 36.8. The molecule has 24 heavy (non-hydrogen) atoms. The molecule has 0 bridgehead atoms. The Morgan fingerprint density at radius 2 is 2.21 bits per heavy atom. The molecule has 0 radical (unpaired) electrons. The first kappa shape index (κ1) is 17.9. The van der Waals surface area contributed by atoms with Crippen molar-refractivity contribution in [2.24, 2.45) is 5.92 Å². The minimum Gasteiger partial charge on any atom is -0.468 e. The predicted octanol–water partition coefficient (Wildman–Crippen LogP) is 0.896. The number of ether oxygens (including phenoxy) is 1. The number of halogens is 1. The molecule has 1 atom stereocenters. The van der Waals surface area contributed by atoms with Crippen molar-refractivity contribution in [2.75, 3.05) is 26.7 Å². The molecule has 1 fully saturated rings. The Hall–Kier alpha value is -2.44. The van der Waals surface area contributed by atoms with Gasteiger partial charge in [-0.3, -0.25) is 14.4 Å². The quantitative estimate of drug-likeness (QED) is 0.783. The van der Waals surface area contributed by atoms with Gasteiger partial charge in [0, 0.05) is 19.5 Å². The number of hydrogen-bond acceptors (Lipinski definition) is 4. The van der Waals surface area contributed by atoms with Gasteiger partial charge in [0.15, 0.2) is 0 Å². The lowest BCUT2D eigenvalue weighted by Crippen LogP contribution is -2.47. The third-order valence-corrected chi connectivity index (χ3v) is 4.06. The molecule has 1 aliphatic rings. The van der Waals surface area contributed by atoms with Crippen LogP contribution in [-0.2, 0) is 25.5 Å². The van der Waals surface area contributed by atoms with Crippen LogP contribution in [0, 0.1) is 11.7 Å². The number of methoxy groups -OCH3 is 1. The molecule has 7 heteroatoms. The van der Waals surface area contributed by atoms with Crippen LogP contribution in [0.1, 0.15) is 18.4 Å². The SMILES string of the molecule is COC(=O)CNC(=O)C1CCC(=O)N(CCc2cccc(F)c2)C1. The maximum Gasteiger partial charge on any atom is 0.325 e. The van der Waals surface area contributed by atoms with Crippen LogP contribution >= 0.6 is 0 Å². The smallest absolute Gasteiger partial charge is 0.325 e. The number of rotatable bonds is 6. The van der Waals surface area contributed by atoms with Crippen molar-refractivity contribution >= 4 is 17.8 Å². The van der Waals surface area contributed by atoms with Crippen molar-refractivity contribution < 1.29 is 23.5 Å². The van der Waals surface area contributed by atoms with E-state index in [4.69, 9.17) is 0 Å². The number of nitrogens with one attached hydrogen (secondary N) is 1. The van der Waals surface area contributed by atoms with Crippen LogP contribution in [0.5, 0.6) is 0 Å². The van der Waals surface area contributed by atoms with Crippen LogP contribution in [-0.4, -0.2) is 49.4 Å². The predicted molar refractivity (Wildman–Crippen MR) is 84.4 cm³/mol. The lowest BCUT2D eigenvalue weighted by molar-refractivity contribution is -0.143. The third kappa shape index (κ3) is 5.04. The molecule has 2 rings (SSSR count). The normalized spacial score (nSPS) is 17.5. The highest BCUT2D eigenvalue weighted by Gasteiger charge is 2.30. The summed E-state index contributed by atoms with van der Waals surface area (Å²) in [7, 11) is 1.25. The van der Waals surface area contributed by atoms with E-state index < -0.39 is 5.97 Å². The molecule has 1 unspecified atom stereocenters. The summed E-state index contributed by atoms with van der Waals surface area (Å²) < 4.78 is 17.7. The van der Waals surface area contributed by atoms with Crippen LogP contribution in [0.3, 0.4) is 0 Å². The van der Waals surface area contributed by atoms with Gasteiger partial charge in [-0.05, 0) is 30.5 Å². The van der Waals surface area contributed by atoms with Gasteiger partial charge < -0.3 is 15.0 Å². The van der Waals surface area contributed by atoms with Crippen LogP contribution in [0.25, 0.3) is 0 Å². The van der Waals surface area contributed by atoms with Crippen molar-refractivity contribution in [1.82, 2.24) is 10.2 Å². The number of hydrogen-bond donors (Lipinski definition) is 1. The summed E-state index contributed by atoms with van der Waals surface area (Å²) in [6.07, 6.45) is 1.28. The fourth-order valence-corrected chi connectivity index (χ4v) is 2.68. The van der Waals surface area contributed by atoms with Gasteiger partial charge in [-0.15, -0.1) is 0 Å². The van der Waals surface area contributed by atoms with Crippen molar-refractivity contribution in [3.05, 3.63) is 35.6 Å². The standard InChI is InChI=1S/C17H21FN2O4/c1-24-16(22)10-19-17(23)13-5-6-15(21)20(11-13)8-7-12-3-2-4-14(18)9-12/h2-4,9,13H,5-8,10-11H2,1H3,(H,19,23). The average molecular weight is 336 g/mol. The summed E-state index contributed by atoms with van der Waals surface area (Å²) in [6, 6.07) is 6.25. The van der Waals surface area contributed by atoms with Crippen molar-refractivity contribution in [2.45, 2.75) is 19.3 Å². The Bertz CT molecular complexity index is 620. The summed E-state index contributed by atoms with van der Waals surface area (Å²) in [5.41, 5.74) is 0.806. The highest BCUT2D eigenvalue weighted by atomic mass is 19.1. The summed E-state index contributed by atoms with van der Waals surface area (Å²) >= 11 is 0. The van der Waals surface area contributed by atoms with Gasteiger partial charge in [0.2, 0.25) is 11.8 Å². The second-order valence-electron chi connectivity index (χ2n) is 5.75. The number of carbonyl (C=O) groups is 3. The Balaban J connectivity index is 1.87. The zero-order valence-corrected chi connectivity index (χ0v) is 13.6. The number of benzene rings is 1. The topological polar surface area (TPSA) is 75.7 Å². The first-order valence-electron chi connectivity index (χ1n) is 7.86. The van der Waals surface area contributed by atoms with E-state index in [-0.39, 0.29) is 30.1 Å². The van der Waals surface area contributed by atoms with E-state index in [1.165, 1.54) is 19.2 Å². The Morgan fingerprint density at radius 1 is 1.42 bits per heavy atom. The molecule has 130 valence electrons. The fraction of sp³-hybridized carbons (Fsp3) is 0.471. The zero-order chi connectivity index (χ0) is 17.5. The number of piperidine rings is 1. The molecule has 1 aromatic rings. The van der Waals surface area contributed by atoms with E-state index in [1.54, 1.807) is 17.0 Å². The van der Waals surface area contributed by atoms with Crippen molar-refractivity contribution in [3.8, 4) is 0 Å². The van der Waals surface area contributed by atoms with Gasteiger partial charge in [0.25, 0.3) is 0 Å². The largest absolute Gasteiger partial charge is 0.468 e. The van der Waals surface area contributed by atoms with E-state index in [0.717, 1.165) is 5.56 Å². The number of esters is 1. The summed E-state index contributed by atoms with van der Waals surface area (Å²) in [6.45, 7) is 0.563. The Kier molecular flexibility index (Phi) is 6.28. The molecule has 6 nitrogen and oxygen atoms in total. The molecule has 1 aromatic carbocycles. The van der Waals surface area contributed by atoms with E-state index in [9.17, 15) is 18.8 Å². The molecule has 0 aliphatic carbocycles. The maximum absolute atomic E-state index is 13.2. The molecule has 0 aromatic heterocycles. The van der Waals surface area contributed by atoms with E-state index in [1.807, 2.05) is 0 Å². The lowest BCUT2D eigenvalue weighted by Gasteiger charge is -2.32. The van der Waals surface area contributed by atoms with Crippen LogP contribution in [0.2, 0.25) is 0 Å². The maximum atomic E-state index is 13.2. The van der Waals surface area contributed by atoms with Gasteiger partial charge >= 0.3 is 5.97 Å². The third-order valence-electron chi connectivity index (χ3n) is 4.06. The fourth-order valence-electron chi connectivity index (χ4n) is 2.68. The van der Waals surface area contributed by atoms with Gasteiger partial charge in [0.1, 0.15) is 12.4 Å². The molecule has 0 spiro atoms. The van der Waals surface area contributed by atoms with Gasteiger partial charge in [-0.2, -0.15) is 0 Å². The molecule has 1 saturated heterocycles. The van der Waals surface area contributed by atoms with E-state index in [0.29, 0.717) is 32.4 Å². The molecular formula is C17H21FN2O4. The highest BCUT2D eigenvalue weighted by molar-refractivity contribution is 5.86. The first-order chi connectivity index (χ1) is 11.5. The Labute approximate surface area is 140 Å².